The van der Waals surface area contributed by atoms with E-state index in [0.29, 0.717) is 50.8 Å². The molecule has 1 aliphatic carbocycles. The lowest BCUT2D eigenvalue weighted by Crippen LogP contribution is -2.46. The molecule has 2 heterocycles. The van der Waals surface area contributed by atoms with Gasteiger partial charge in [0.05, 0.1) is 37.3 Å². The Hall–Kier alpha value is -2.51. The predicted molar refractivity (Wildman–Crippen MR) is 159 cm³/mol. The number of nitrogens with one attached hydrogen (secondary N) is 1. The first-order valence-electron chi connectivity index (χ1n) is 15.3. The standard InChI is InChI=1S/C31H45N3O8S/c1-21(15-25(35)19-34-11-13-41-14-12-34)30(38)33-27(17-23-7-9-26(10-8-23)43(32,39)40)28(36)18-24(16-22-5-3-4-6-22)29(37)31(2)20-42-31/h7-10,21-22,24,27H,3-6,11-20H2,1-2H3,(H,33,38)(H2,32,39,40). The first-order valence-corrected chi connectivity index (χ1v) is 16.8. The summed E-state index contributed by atoms with van der Waals surface area (Å²) < 4.78 is 34.2. The smallest absolute Gasteiger partial charge is 0.238 e. The van der Waals surface area contributed by atoms with Crippen molar-refractivity contribution in [2.45, 2.75) is 81.8 Å². The number of nitrogens with two attached hydrogens (primary N) is 1. The van der Waals surface area contributed by atoms with E-state index in [2.05, 4.69) is 5.32 Å². The Balaban J connectivity index is 1.46. The zero-order chi connectivity index (χ0) is 31.2. The Kier molecular flexibility index (Phi) is 11.3. The highest BCUT2D eigenvalue weighted by Gasteiger charge is 2.50. The molecule has 11 nitrogen and oxygen atoms in total. The fourth-order valence-electron chi connectivity index (χ4n) is 6.12. The van der Waals surface area contributed by atoms with Gasteiger partial charge in [0.15, 0.2) is 11.6 Å². The highest BCUT2D eigenvalue weighted by atomic mass is 32.2. The van der Waals surface area contributed by atoms with E-state index in [4.69, 9.17) is 14.6 Å². The van der Waals surface area contributed by atoms with Crippen molar-refractivity contribution in [1.82, 2.24) is 10.2 Å². The summed E-state index contributed by atoms with van der Waals surface area (Å²) in [5, 5.41) is 8.08. The van der Waals surface area contributed by atoms with Crippen LogP contribution in [0.15, 0.2) is 29.2 Å². The summed E-state index contributed by atoms with van der Waals surface area (Å²) in [5.41, 5.74) is -0.237. The summed E-state index contributed by atoms with van der Waals surface area (Å²) in [4.78, 5) is 55.2. The second kappa shape index (κ2) is 14.5. The van der Waals surface area contributed by atoms with Gasteiger partial charge in [-0.1, -0.05) is 44.7 Å². The Morgan fingerprint density at radius 3 is 2.28 bits per heavy atom. The van der Waals surface area contributed by atoms with Crippen LogP contribution in [-0.2, 0) is 45.1 Å². The quantitative estimate of drug-likeness (QED) is 0.263. The van der Waals surface area contributed by atoms with E-state index >= 15 is 0 Å². The molecule has 3 N–H and O–H groups in total. The van der Waals surface area contributed by atoms with Gasteiger partial charge in [-0.05, 0) is 43.4 Å². The van der Waals surface area contributed by atoms with Gasteiger partial charge in [0.25, 0.3) is 0 Å². The van der Waals surface area contributed by atoms with Crippen LogP contribution < -0.4 is 10.5 Å². The number of nitrogens with zero attached hydrogens (tertiary/aromatic N) is 1. The number of hydrogen-bond acceptors (Lipinski definition) is 9. The SMILES string of the molecule is CC(CC(=O)CN1CCOCC1)C(=O)NC(Cc1ccc(S(N)(=O)=O)cc1)C(=O)CC(CC1CCCC1)C(=O)C1(C)CO1. The average molecular weight is 620 g/mol. The van der Waals surface area contributed by atoms with Crippen LogP contribution in [0.2, 0.25) is 0 Å². The van der Waals surface area contributed by atoms with Gasteiger partial charge in [0.2, 0.25) is 15.9 Å². The van der Waals surface area contributed by atoms with Gasteiger partial charge in [-0.15, -0.1) is 0 Å². The summed E-state index contributed by atoms with van der Waals surface area (Å²) >= 11 is 0. The molecule has 238 valence electrons. The molecule has 0 bridgehead atoms. The minimum atomic E-state index is -3.89. The number of rotatable bonds is 16. The largest absolute Gasteiger partial charge is 0.379 e. The van der Waals surface area contributed by atoms with E-state index < -0.39 is 39.4 Å². The van der Waals surface area contributed by atoms with Crippen LogP contribution in [-0.4, -0.2) is 87.7 Å². The first kappa shape index (κ1) is 33.4. The molecule has 3 fully saturated rings. The fraction of sp³-hybridized carbons (Fsp3) is 0.677. The molecule has 4 atom stereocenters. The molecular formula is C31H45N3O8S. The number of morpholine rings is 1. The Bertz CT molecular complexity index is 1270. The molecule has 1 aromatic carbocycles. The Morgan fingerprint density at radius 2 is 1.70 bits per heavy atom. The summed E-state index contributed by atoms with van der Waals surface area (Å²) in [6.45, 7) is 6.47. The van der Waals surface area contributed by atoms with Gasteiger partial charge in [0, 0.05) is 37.8 Å². The number of sulfonamides is 1. The van der Waals surface area contributed by atoms with Crippen molar-refractivity contribution in [3.05, 3.63) is 29.8 Å². The van der Waals surface area contributed by atoms with Gasteiger partial charge < -0.3 is 14.8 Å². The molecule has 1 saturated carbocycles. The fourth-order valence-corrected chi connectivity index (χ4v) is 6.63. The summed E-state index contributed by atoms with van der Waals surface area (Å²) in [6, 6.07) is 4.87. The lowest BCUT2D eigenvalue weighted by molar-refractivity contribution is -0.134. The second-order valence-electron chi connectivity index (χ2n) is 12.6. The summed E-state index contributed by atoms with van der Waals surface area (Å²) in [5.74, 6) is -1.64. The number of primary sulfonamides is 1. The molecule has 1 aromatic rings. The molecule has 4 rings (SSSR count). The zero-order valence-electron chi connectivity index (χ0n) is 25.2. The van der Waals surface area contributed by atoms with E-state index in [1.165, 1.54) is 12.1 Å². The van der Waals surface area contributed by atoms with Crippen molar-refractivity contribution in [3.8, 4) is 0 Å². The molecular weight excluding hydrogens is 574 g/mol. The molecule has 4 unspecified atom stereocenters. The number of carbonyl (C=O) groups is 4. The number of hydrogen-bond donors (Lipinski definition) is 2. The molecule has 3 aliphatic rings. The minimum Gasteiger partial charge on any atom is -0.379 e. The number of ketones is 3. The maximum absolute atomic E-state index is 13.8. The third-order valence-corrected chi connectivity index (χ3v) is 9.82. The van der Waals surface area contributed by atoms with Gasteiger partial charge >= 0.3 is 0 Å². The van der Waals surface area contributed by atoms with Crippen LogP contribution in [0, 0.1) is 17.8 Å². The second-order valence-corrected chi connectivity index (χ2v) is 14.2. The zero-order valence-corrected chi connectivity index (χ0v) is 26.0. The number of benzene rings is 1. The average Bonchev–Trinajstić information content (AvgIpc) is 3.50. The number of epoxide rings is 1. The Labute approximate surface area is 254 Å². The summed E-state index contributed by atoms with van der Waals surface area (Å²) in [7, 11) is -3.89. The van der Waals surface area contributed by atoms with Gasteiger partial charge in [-0.25, -0.2) is 13.6 Å². The van der Waals surface area contributed by atoms with Crippen LogP contribution in [0.4, 0.5) is 0 Å². The van der Waals surface area contributed by atoms with Gasteiger partial charge in [-0.2, -0.15) is 0 Å². The van der Waals surface area contributed by atoms with E-state index in [1.807, 2.05) is 4.90 Å². The van der Waals surface area contributed by atoms with Crippen molar-refractivity contribution in [2.75, 3.05) is 39.5 Å². The molecule has 1 amide bonds. The van der Waals surface area contributed by atoms with E-state index in [1.54, 1.807) is 26.0 Å². The maximum atomic E-state index is 13.8. The number of carbonyl (C=O) groups excluding carboxylic acids is 4. The number of Topliss-reactive ketones (excluding diaryl/α,β-unsaturated/α-hetero) is 3. The molecule has 0 radical (unpaired) electrons. The maximum Gasteiger partial charge on any atom is 0.238 e. The van der Waals surface area contributed by atoms with Crippen molar-refractivity contribution in [3.63, 3.8) is 0 Å². The van der Waals surface area contributed by atoms with E-state index in [-0.39, 0.29) is 48.1 Å². The third-order valence-electron chi connectivity index (χ3n) is 8.89. The van der Waals surface area contributed by atoms with Gasteiger partial charge in [-0.3, -0.25) is 24.1 Å². The highest BCUT2D eigenvalue weighted by Crippen LogP contribution is 2.37. The van der Waals surface area contributed by atoms with E-state index in [9.17, 15) is 27.6 Å². The molecule has 12 heteroatoms. The molecule has 0 spiro atoms. The monoisotopic (exact) mass is 619 g/mol. The molecule has 43 heavy (non-hydrogen) atoms. The van der Waals surface area contributed by atoms with Crippen molar-refractivity contribution in [1.29, 1.82) is 0 Å². The highest BCUT2D eigenvalue weighted by molar-refractivity contribution is 7.89. The molecule has 0 aromatic heterocycles. The normalized spacial score (nSPS) is 23.3. The van der Waals surface area contributed by atoms with Crippen LogP contribution >= 0.6 is 0 Å². The third kappa shape index (κ3) is 9.74. The number of amides is 1. The number of ether oxygens (including phenoxy) is 2. The van der Waals surface area contributed by atoms with Crippen molar-refractivity contribution >= 4 is 33.3 Å². The molecule has 2 aliphatic heterocycles. The van der Waals surface area contributed by atoms with Crippen LogP contribution in [0.25, 0.3) is 0 Å². The lowest BCUT2D eigenvalue weighted by Gasteiger charge is -2.26. The van der Waals surface area contributed by atoms with Crippen molar-refractivity contribution < 1.29 is 37.1 Å². The van der Waals surface area contributed by atoms with Crippen molar-refractivity contribution in [2.24, 2.45) is 22.9 Å². The first-order chi connectivity index (χ1) is 20.3. The van der Waals surface area contributed by atoms with Crippen LogP contribution in [0.5, 0.6) is 0 Å². The Morgan fingerprint density at radius 1 is 1.07 bits per heavy atom. The molecule has 2 saturated heterocycles. The predicted octanol–water partition coefficient (Wildman–Crippen LogP) is 1.80. The summed E-state index contributed by atoms with van der Waals surface area (Å²) in [6.07, 6.45) is 5.00. The lowest BCUT2D eigenvalue weighted by atomic mass is 9.81. The van der Waals surface area contributed by atoms with Crippen LogP contribution in [0.3, 0.4) is 0 Å². The minimum absolute atomic E-state index is 0.0289. The van der Waals surface area contributed by atoms with E-state index in [0.717, 1.165) is 25.7 Å². The van der Waals surface area contributed by atoms with Crippen LogP contribution in [0.1, 0.15) is 64.4 Å². The van der Waals surface area contributed by atoms with Gasteiger partial charge in [0.1, 0.15) is 11.4 Å². The topological polar surface area (TPSA) is 165 Å².